The summed E-state index contributed by atoms with van der Waals surface area (Å²) >= 11 is 0. The van der Waals surface area contributed by atoms with Crippen LogP contribution < -0.4 is 15.0 Å². The normalized spacial score (nSPS) is 28.2. The molecule has 3 saturated heterocycles. The number of likely N-dealkylation sites (N-methyl/N-ethyl adjacent to an activating group) is 1. The van der Waals surface area contributed by atoms with Crippen molar-refractivity contribution in [3.8, 4) is 11.5 Å². The van der Waals surface area contributed by atoms with Crippen LogP contribution in [0.25, 0.3) is 0 Å². The molecule has 1 N–H and O–H groups in total. The van der Waals surface area contributed by atoms with Crippen molar-refractivity contribution >= 4 is 17.8 Å². The van der Waals surface area contributed by atoms with Gasteiger partial charge in [-0.1, -0.05) is 0 Å². The number of nitrogens with zero attached hydrogens (tertiary/aromatic N) is 6. The predicted octanol–water partition coefficient (Wildman–Crippen LogP) is 5.40. The summed E-state index contributed by atoms with van der Waals surface area (Å²) in [6, 6.07) is 4.19. The van der Waals surface area contributed by atoms with E-state index >= 15 is 0 Å². The molecule has 3 aliphatic heterocycles. The van der Waals surface area contributed by atoms with Crippen molar-refractivity contribution in [2.24, 2.45) is 23.2 Å². The summed E-state index contributed by atoms with van der Waals surface area (Å²) in [7, 11) is 0. The molecule has 0 radical (unpaired) electrons. The van der Waals surface area contributed by atoms with Crippen LogP contribution in [0.2, 0.25) is 0 Å². The van der Waals surface area contributed by atoms with E-state index in [-0.39, 0.29) is 34.5 Å². The standard InChI is InChI=1S/C36H50FN7O3/c1-5-42-22-36(40-34(42)46)17-25-7-8-27(36)15-26(25)19-41-13-11-35(12-14-41)20-43(21-35)32-31(18-38-23-39-32)47-30-10-9-28(37)16-29(30)33(45)44(6-2)24(3)4/h9-10,16,18,23-27H,5-8,11-15,17,19-22H2,1-4H3,(H,40,46). The molecular weight excluding hydrogens is 597 g/mol. The number of amides is 3. The Morgan fingerprint density at radius 1 is 1.15 bits per heavy atom. The van der Waals surface area contributed by atoms with Crippen LogP contribution >= 0.6 is 0 Å². The number of rotatable bonds is 9. The van der Waals surface area contributed by atoms with Gasteiger partial charge in [-0.25, -0.2) is 19.2 Å². The number of likely N-dealkylation sites (tertiary alicyclic amines) is 1. The van der Waals surface area contributed by atoms with Crippen molar-refractivity contribution in [2.45, 2.75) is 77.8 Å². The van der Waals surface area contributed by atoms with Gasteiger partial charge in [0.05, 0.1) is 17.3 Å². The molecule has 3 amide bonds. The van der Waals surface area contributed by atoms with Gasteiger partial charge in [-0.15, -0.1) is 0 Å². The summed E-state index contributed by atoms with van der Waals surface area (Å²) in [4.78, 5) is 43.3. The first kappa shape index (κ1) is 32.1. The van der Waals surface area contributed by atoms with Gasteiger partial charge in [0, 0.05) is 50.7 Å². The van der Waals surface area contributed by atoms with Gasteiger partial charge in [0.15, 0.2) is 11.6 Å². The van der Waals surface area contributed by atoms with Crippen molar-refractivity contribution in [3.05, 3.63) is 42.1 Å². The Hall–Kier alpha value is -3.47. The Balaban J connectivity index is 0.955. The van der Waals surface area contributed by atoms with Gasteiger partial charge in [0.1, 0.15) is 17.9 Å². The number of carbonyl (C=O) groups excluding carboxylic acids is 2. The number of carbonyl (C=O) groups is 2. The molecule has 4 heterocycles. The first-order chi connectivity index (χ1) is 22.6. The molecule has 4 atom stereocenters. The van der Waals surface area contributed by atoms with Crippen LogP contribution in [0.15, 0.2) is 30.7 Å². The average molecular weight is 648 g/mol. The second-order valence-corrected chi connectivity index (χ2v) is 15.1. The molecule has 3 aliphatic carbocycles. The van der Waals surface area contributed by atoms with Crippen molar-refractivity contribution in [1.82, 2.24) is 30.0 Å². The maximum absolute atomic E-state index is 14.3. The van der Waals surface area contributed by atoms with E-state index in [0.717, 1.165) is 64.4 Å². The lowest BCUT2D eigenvalue weighted by Gasteiger charge is -2.56. The van der Waals surface area contributed by atoms with E-state index < -0.39 is 5.82 Å². The minimum Gasteiger partial charge on any atom is -0.451 e. The summed E-state index contributed by atoms with van der Waals surface area (Å²) < 4.78 is 20.6. The fraction of sp³-hybridized carbons (Fsp3) is 0.667. The number of anilines is 1. The quantitative estimate of drug-likeness (QED) is 0.390. The Bertz CT molecular complexity index is 1490. The zero-order chi connectivity index (χ0) is 32.9. The highest BCUT2D eigenvalue weighted by molar-refractivity contribution is 5.97. The third-order valence-corrected chi connectivity index (χ3v) is 12.1. The Morgan fingerprint density at radius 3 is 2.60 bits per heavy atom. The molecule has 3 saturated carbocycles. The van der Waals surface area contributed by atoms with Gasteiger partial charge in [-0.05, 0) is 115 Å². The molecule has 2 aromatic rings. The molecule has 10 nitrogen and oxygen atoms in total. The van der Waals surface area contributed by atoms with E-state index in [0.29, 0.717) is 35.7 Å². The smallest absolute Gasteiger partial charge is 0.317 e. The lowest BCUT2D eigenvalue weighted by atomic mass is 9.56. The molecule has 6 aliphatic rings. The van der Waals surface area contributed by atoms with Gasteiger partial charge in [0.2, 0.25) is 0 Å². The largest absolute Gasteiger partial charge is 0.451 e. The zero-order valence-corrected chi connectivity index (χ0v) is 28.4. The van der Waals surface area contributed by atoms with Crippen LogP contribution in [0.1, 0.15) is 76.6 Å². The second-order valence-electron chi connectivity index (χ2n) is 15.1. The Morgan fingerprint density at radius 2 is 1.94 bits per heavy atom. The van der Waals surface area contributed by atoms with E-state index in [9.17, 15) is 14.0 Å². The van der Waals surface area contributed by atoms with E-state index in [1.54, 1.807) is 11.1 Å². The maximum atomic E-state index is 14.3. The highest BCUT2D eigenvalue weighted by Gasteiger charge is 2.56. The van der Waals surface area contributed by atoms with Gasteiger partial charge >= 0.3 is 6.03 Å². The lowest BCUT2D eigenvalue weighted by Crippen LogP contribution is -2.62. The molecule has 8 rings (SSSR count). The van der Waals surface area contributed by atoms with Gasteiger partial charge in [-0.3, -0.25) is 4.79 Å². The zero-order valence-electron chi connectivity index (χ0n) is 28.4. The van der Waals surface area contributed by atoms with Crippen molar-refractivity contribution in [2.75, 3.05) is 57.3 Å². The number of ether oxygens (including phenoxy) is 1. The van der Waals surface area contributed by atoms with Crippen LogP contribution in [-0.4, -0.2) is 101 Å². The second kappa shape index (κ2) is 12.5. The van der Waals surface area contributed by atoms with Crippen LogP contribution in [0.5, 0.6) is 11.5 Å². The number of benzene rings is 1. The van der Waals surface area contributed by atoms with Crippen molar-refractivity contribution in [1.29, 1.82) is 0 Å². The first-order valence-corrected chi connectivity index (χ1v) is 17.8. The first-order valence-electron chi connectivity index (χ1n) is 17.8. The lowest BCUT2D eigenvalue weighted by molar-refractivity contribution is -0.0152. The van der Waals surface area contributed by atoms with E-state index in [1.807, 2.05) is 25.7 Å². The average Bonchev–Trinajstić information content (AvgIpc) is 3.36. The molecule has 6 fully saturated rings. The number of halogens is 1. The number of urea groups is 1. The topological polar surface area (TPSA) is 94.1 Å². The number of aromatic nitrogens is 2. The van der Waals surface area contributed by atoms with Crippen molar-refractivity contribution < 1.29 is 18.7 Å². The molecule has 2 spiro atoms. The fourth-order valence-electron chi connectivity index (χ4n) is 9.47. The number of fused-ring (bicyclic) bond motifs is 2. The molecule has 1 aromatic heterocycles. The molecule has 47 heavy (non-hydrogen) atoms. The third kappa shape index (κ3) is 5.93. The van der Waals surface area contributed by atoms with Crippen LogP contribution in [0.4, 0.5) is 15.0 Å². The summed E-state index contributed by atoms with van der Waals surface area (Å²) in [6.07, 6.45) is 10.4. The summed E-state index contributed by atoms with van der Waals surface area (Å²) in [5.41, 5.74) is 0.469. The minimum absolute atomic E-state index is 0.00908. The molecule has 254 valence electrons. The van der Waals surface area contributed by atoms with Gasteiger partial charge in [0.25, 0.3) is 5.91 Å². The Kier molecular flexibility index (Phi) is 8.55. The number of hydrogen-bond acceptors (Lipinski definition) is 7. The molecule has 4 unspecified atom stereocenters. The van der Waals surface area contributed by atoms with E-state index in [4.69, 9.17) is 4.74 Å². The number of piperidine rings is 1. The summed E-state index contributed by atoms with van der Waals surface area (Å²) in [6.45, 7) is 15.3. The molecular formula is C36H50FN7O3. The molecule has 2 bridgehead atoms. The minimum atomic E-state index is -0.480. The SMILES string of the molecule is CCN1CC2(CC3CCC2CC3CN2CCC3(CC2)CN(c2ncncc2Oc2ccc(F)cc2C(=O)N(CC)C(C)C)C3)NC1=O. The molecule has 1 aromatic carbocycles. The van der Waals surface area contributed by atoms with E-state index in [1.165, 1.54) is 50.3 Å². The highest BCUT2D eigenvalue weighted by atomic mass is 19.1. The van der Waals surface area contributed by atoms with Crippen molar-refractivity contribution in [3.63, 3.8) is 0 Å². The van der Waals surface area contributed by atoms with Gasteiger partial charge < -0.3 is 29.7 Å². The monoisotopic (exact) mass is 647 g/mol. The Labute approximate surface area is 278 Å². The van der Waals surface area contributed by atoms with Gasteiger partial charge in [-0.2, -0.15) is 0 Å². The fourth-order valence-corrected chi connectivity index (χ4v) is 9.47. The van der Waals surface area contributed by atoms with Crippen LogP contribution in [0, 0.1) is 29.0 Å². The highest BCUT2D eigenvalue weighted by Crippen LogP contribution is 2.53. The van der Waals surface area contributed by atoms with Crippen LogP contribution in [-0.2, 0) is 0 Å². The third-order valence-electron chi connectivity index (χ3n) is 12.1. The van der Waals surface area contributed by atoms with Crippen LogP contribution in [0.3, 0.4) is 0 Å². The number of nitrogens with one attached hydrogen (secondary N) is 1. The predicted molar refractivity (Wildman–Crippen MR) is 178 cm³/mol. The van der Waals surface area contributed by atoms with E-state index in [2.05, 4.69) is 32.0 Å². The summed E-state index contributed by atoms with van der Waals surface area (Å²) in [5.74, 6) is 2.77. The summed E-state index contributed by atoms with van der Waals surface area (Å²) in [5, 5.41) is 3.43. The maximum Gasteiger partial charge on any atom is 0.317 e. The number of hydrogen-bond donors (Lipinski definition) is 1. The molecule has 11 heteroatoms.